The summed E-state index contributed by atoms with van der Waals surface area (Å²) >= 11 is 0. The lowest BCUT2D eigenvalue weighted by molar-refractivity contribution is 0.0386. The zero-order chi connectivity index (χ0) is 19.1. The predicted molar refractivity (Wildman–Crippen MR) is 94.9 cm³/mol. The van der Waals surface area contributed by atoms with Crippen molar-refractivity contribution < 1.29 is 23.8 Å². The molecule has 0 aliphatic carbocycles. The van der Waals surface area contributed by atoms with Crippen LogP contribution in [0, 0.1) is 6.92 Å². The van der Waals surface area contributed by atoms with Crippen LogP contribution in [0.2, 0.25) is 0 Å². The molecule has 0 unspecified atom stereocenters. The van der Waals surface area contributed by atoms with E-state index in [-0.39, 0.29) is 24.3 Å². The monoisotopic (exact) mass is 360 g/mol. The Morgan fingerprint density at radius 1 is 1.08 bits per heavy atom. The van der Waals surface area contributed by atoms with Crippen molar-refractivity contribution in [2.24, 2.45) is 0 Å². The summed E-state index contributed by atoms with van der Waals surface area (Å²) in [5.41, 5.74) is 0.131. The first kappa shape index (κ1) is 19.2. The van der Waals surface area contributed by atoms with Crippen LogP contribution in [-0.2, 0) is 9.47 Å². The SMILES string of the molecule is COCCOC(=O)c1cc(C(=O)Nc2ccc(OC)cc2)c(=O)[nH]c1C. The lowest BCUT2D eigenvalue weighted by Crippen LogP contribution is -2.26. The summed E-state index contributed by atoms with van der Waals surface area (Å²) in [4.78, 5) is 39.1. The van der Waals surface area contributed by atoms with Gasteiger partial charge in [-0.05, 0) is 37.3 Å². The van der Waals surface area contributed by atoms with Gasteiger partial charge in [0.25, 0.3) is 11.5 Å². The molecule has 0 bridgehead atoms. The van der Waals surface area contributed by atoms with Gasteiger partial charge < -0.3 is 24.5 Å². The van der Waals surface area contributed by atoms with Crippen LogP contribution in [-0.4, -0.2) is 44.3 Å². The number of amides is 1. The molecule has 0 fully saturated rings. The number of hydrogen-bond acceptors (Lipinski definition) is 6. The molecular formula is C18H20N2O6. The topological polar surface area (TPSA) is 107 Å². The molecule has 1 aromatic carbocycles. The van der Waals surface area contributed by atoms with Gasteiger partial charge in [-0.3, -0.25) is 9.59 Å². The lowest BCUT2D eigenvalue weighted by Gasteiger charge is -2.09. The number of ether oxygens (including phenoxy) is 3. The van der Waals surface area contributed by atoms with Gasteiger partial charge in [-0.15, -0.1) is 0 Å². The molecule has 0 saturated heterocycles. The van der Waals surface area contributed by atoms with Gasteiger partial charge in [0.05, 0.1) is 19.3 Å². The minimum absolute atomic E-state index is 0.0707. The van der Waals surface area contributed by atoms with Gasteiger partial charge >= 0.3 is 5.97 Å². The van der Waals surface area contributed by atoms with Crippen LogP contribution in [0.4, 0.5) is 5.69 Å². The minimum Gasteiger partial charge on any atom is -0.497 e. The van der Waals surface area contributed by atoms with Crippen molar-refractivity contribution >= 4 is 17.6 Å². The van der Waals surface area contributed by atoms with E-state index in [2.05, 4.69) is 10.3 Å². The van der Waals surface area contributed by atoms with E-state index in [0.717, 1.165) is 0 Å². The Morgan fingerprint density at radius 2 is 1.77 bits per heavy atom. The maximum atomic E-state index is 12.4. The van der Waals surface area contributed by atoms with Crippen LogP contribution in [0.1, 0.15) is 26.4 Å². The number of nitrogens with one attached hydrogen (secondary N) is 2. The van der Waals surface area contributed by atoms with Crippen molar-refractivity contribution in [3.05, 3.63) is 57.5 Å². The molecule has 0 spiro atoms. The first-order valence-electron chi connectivity index (χ1n) is 7.81. The Labute approximate surface area is 150 Å². The third-order valence-corrected chi connectivity index (χ3v) is 3.57. The Bertz CT molecular complexity index is 842. The minimum atomic E-state index is -0.644. The van der Waals surface area contributed by atoms with Crippen LogP contribution in [0.25, 0.3) is 0 Å². The number of aromatic amines is 1. The van der Waals surface area contributed by atoms with Crippen molar-refractivity contribution in [2.45, 2.75) is 6.92 Å². The van der Waals surface area contributed by atoms with Crippen LogP contribution in [0.15, 0.2) is 35.1 Å². The van der Waals surface area contributed by atoms with Crippen LogP contribution < -0.4 is 15.6 Å². The second-order valence-electron chi connectivity index (χ2n) is 5.36. The van der Waals surface area contributed by atoms with E-state index in [4.69, 9.17) is 14.2 Å². The summed E-state index contributed by atoms with van der Waals surface area (Å²) in [6.07, 6.45) is 0. The molecule has 1 aromatic heterocycles. The van der Waals surface area contributed by atoms with E-state index in [9.17, 15) is 14.4 Å². The van der Waals surface area contributed by atoms with Gasteiger partial charge in [-0.2, -0.15) is 0 Å². The van der Waals surface area contributed by atoms with Gasteiger partial charge in [0.15, 0.2) is 0 Å². The summed E-state index contributed by atoms with van der Waals surface area (Å²) in [5, 5.41) is 2.60. The lowest BCUT2D eigenvalue weighted by atomic mass is 10.1. The molecule has 2 aromatic rings. The highest BCUT2D eigenvalue weighted by Crippen LogP contribution is 2.16. The van der Waals surface area contributed by atoms with E-state index in [1.165, 1.54) is 20.3 Å². The number of aromatic nitrogens is 1. The Morgan fingerprint density at radius 3 is 2.38 bits per heavy atom. The van der Waals surface area contributed by atoms with Gasteiger partial charge in [0.1, 0.15) is 17.9 Å². The fourth-order valence-corrected chi connectivity index (χ4v) is 2.17. The number of rotatable bonds is 7. The maximum Gasteiger partial charge on any atom is 0.340 e. The fourth-order valence-electron chi connectivity index (χ4n) is 2.17. The molecule has 8 nitrogen and oxygen atoms in total. The van der Waals surface area contributed by atoms with Crippen molar-refractivity contribution in [1.82, 2.24) is 4.98 Å². The summed E-state index contributed by atoms with van der Waals surface area (Å²) in [6.45, 7) is 1.87. The van der Waals surface area contributed by atoms with E-state index >= 15 is 0 Å². The standard InChI is InChI=1S/C18H20N2O6/c1-11-14(18(23)26-9-8-24-2)10-15(16(21)19-11)17(22)20-12-4-6-13(25-3)7-5-12/h4-7,10H,8-9H2,1-3H3,(H,19,21)(H,20,22). The quantitative estimate of drug-likeness (QED) is 0.575. The van der Waals surface area contributed by atoms with Gasteiger partial charge in [-0.1, -0.05) is 0 Å². The molecule has 0 atom stereocenters. The molecule has 1 heterocycles. The van der Waals surface area contributed by atoms with Gasteiger partial charge in [0.2, 0.25) is 0 Å². The molecule has 0 radical (unpaired) electrons. The first-order chi connectivity index (χ1) is 12.5. The Hall–Kier alpha value is -3.13. The van der Waals surface area contributed by atoms with Gasteiger partial charge in [-0.25, -0.2) is 4.79 Å². The molecule has 0 aliphatic heterocycles. The van der Waals surface area contributed by atoms with E-state index in [1.54, 1.807) is 31.2 Å². The number of methoxy groups -OCH3 is 2. The molecule has 2 N–H and O–H groups in total. The fraction of sp³-hybridized carbons (Fsp3) is 0.278. The summed E-state index contributed by atoms with van der Waals surface area (Å²) in [7, 11) is 3.02. The zero-order valence-electron chi connectivity index (χ0n) is 14.8. The number of H-pyrrole nitrogens is 1. The van der Waals surface area contributed by atoms with Crippen molar-refractivity contribution in [3.63, 3.8) is 0 Å². The predicted octanol–water partition coefficient (Wildman–Crippen LogP) is 1.75. The van der Waals surface area contributed by atoms with Crippen LogP contribution in [0.3, 0.4) is 0 Å². The van der Waals surface area contributed by atoms with E-state index in [0.29, 0.717) is 17.1 Å². The average Bonchev–Trinajstić information content (AvgIpc) is 2.62. The van der Waals surface area contributed by atoms with Crippen molar-refractivity contribution in [1.29, 1.82) is 0 Å². The molecule has 138 valence electrons. The summed E-state index contributed by atoms with van der Waals surface area (Å²) in [5.74, 6) is -0.645. The molecule has 26 heavy (non-hydrogen) atoms. The molecule has 1 amide bonds. The largest absolute Gasteiger partial charge is 0.497 e. The average molecular weight is 360 g/mol. The number of carbonyl (C=O) groups excluding carboxylic acids is 2. The number of esters is 1. The normalized spacial score (nSPS) is 10.3. The van der Waals surface area contributed by atoms with Crippen LogP contribution in [0.5, 0.6) is 5.75 Å². The highest BCUT2D eigenvalue weighted by atomic mass is 16.6. The van der Waals surface area contributed by atoms with Crippen LogP contribution >= 0.6 is 0 Å². The second kappa shape index (κ2) is 8.82. The smallest absolute Gasteiger partial charge is 0.340 e. The molecule has 2 rings (SSSR count). The molecule has 0 aliphatic rings. The molecular weight excluding hydrogens is 340 g/mol. The summed E-state index contributed by atoms with van der Waals surface area (Å²) in [6, 6.07) is 7.85. The maximum absolute atomic E-state index is 12.4. The number of pyridine rings is 1. The molecule has 8 heteroatoms. The zero-order valence-corrected chi connectivity index (χ0v) is 14.8. The Kier molecular flexibility index (Phi) is 6.51. The third-order valence-electron chi connectivity index (χ3n) is 3.57. The number of aryl methyl sites for hydroxylation is 1. The second-order valence-corrected chi connectivity index (χ2v) is 5.36. The summed E-state index contributed by atoms with van der Waals surface area (Å²) < 4.78 is 14.9. The molecule has 0 saturated carbocycles. The van der Waals surface area contributed by atoms with E-state index < -0.39 is 17.4 Å². The number of anilines is 1. The van der Waals surface area contributed by atoms with E-state index in [1.807, 2.05) is 0 Å². The first-order valence-corrected chi connectivity index (χ1v) is 7.81. The Balaban J connectivity index is 2.21. The van der Waals surface area contributed by atoms with Crippen molar-refractivity contribution in [2.75, 3.05) is 32.8 Å². The third kappa shape index (κ3) is 4.70. The number of benzene rings is 1. The highest BCUT2D eigenvalue weighted by Gasteiger charge is 2.18. The highest BCUT2D eigenvalue weighted by molar-refractivity contribution is 6.05. The number of carbonyl (C=O) groups is 2. The van der Waals surface area contributed by atoms with Gasteiger partial charge in [0, 0.05) is 18.5 Å². The van der Waals surface area contributed by atoms with Crippen molar-refractivity contribution in [3.8, 4) is 5.75 Å². The number of hydrogen-bond donors (Lipinski definition) is 2.